The van der Waals surface area contributed by atoms with Crippen LogP contribution in [0.25, 0.3) is 0 Å². The maximum absolute atomic E-state index is 13.2. The Kier molecular flexibility index (Phi) is 3.61. The lowest BCUT2D eigenvalue weighted by Gasteiger charge is -2.25. The van der Waals surface area contributed by atoms with Crippen molar-refractivity contribution in [1.29, 1.82) is 0 Å². The number of rotatable bonds is 6. The molecule has 0 saturated heterocycles. The second-order valence-electron chi connectivity index (χ2n) is 4.63. The summed E-state index contributed by atoms with van der Waals surface area (Å²) in [4.78, 5) is 12.0. The molecule has 1 fully saturated rings. The van der Waals surface area contributed by atoms with Gasteiger partial charge in [-0.15, -0.1) is 0 Å². The third-order valence-corrected chi connectivity index (χ3v) is 3.01. The standard InChI is InChI=1S/C13H15F2NO2/c14-13(15,12(17)18)9-16(11-6-7-11)8-10-4-2-1-3-5-10/h1-5,11H,6-9H2,(H,17,18). The maximum atomic E-state index is 13.2. The van der Waals surface area contributed by atoms with E-state index in [-0.39, 0.29) is 6.04 Å². The van der Waals surface area contributed by atoms with Gasteiger partial charge in [0.1, 0.15) is 0 Å². The number of carboxylic acid groups (broad SMARTS) is 1. The first-order valence-corrected chi connectivity index (χ1v) is 5.88. The van der Waals surface area contributed by atoms with Gasteiger partial charge < -0.3 is 5.11 Å². The topological polar surface area (TPSA) is 40.5 Å². The van der Waals surface area contributed by atoms with Gasteiger partial charge in [0, 0.05) is 12.6 Å². The van der Waals surface area contributed by atoms with E-state index in [9.17, 15) is 13.6 Å². The molecule has 0 bridgehead atoms. The van der Waals surface area contributed by atoms with Crippen LogP contribution < -0.4 is 0 Å². The van der Waals surface area contributed by atoms with Crippen LogP contribution in [0, 0.1) is 0 Å². The number of carboxylic acids is 1. The molecular weight excluding hydrogens is 240 g/mol. The highest BCUT2D eigenvalue weighted by atomic mass is 19.3. The maximum Gasteiger partial charge on any atom is 0.375 e. The van der Waals surface area contributed by atoms with E-state index >= 15 is 0 Å². The fourth-order valence-corrected chi connectivity index (χ4v) is 1.89. The summed E-state index contributed by atoms with van der Waals surface area (Å²) in [6, 6.07) is 9.35. The van der Waals surface area contributed by atoms with Gasteiger partial charge in [-0.25, -0.2) is 4.79 Å². The molecule has 0 aliphatic heterocycles. The zero-order chi connectivity index (χ0) is 13.2. The average molecular weight is 255 g/mol. The Balaban J connectivity index is 2.03. The van der Waals surface area contributed by atoms with Crippen molar-refractivity contribution in [1.82, 2.24) is 4.90 Å². The lowest BCUT2D eigenvalue weighted by Crippen LogP contribution is -2.43. The van der Waals surface area contributed by atoms with E-state index in [4.69, 9.17) is 5.11 Å². The summed E-state index contributed by atoms with van der Waals surface area (Å²) >= 11 is 0. The lowest BCUT2D eigenvalue weighted by atomic mass is 10.2. The Labute approximate surface area is 104 Å². The number of halogens is 2. The Bertz CT molecular complexity index is 418. The van der Waals surface area contributed by atoms with E-state index in [0.29, 0.717) is 6.54 Å². The minimum Gasteiger partial charge on any atom is -0.477 e. The van der Waals surface area contributed by atoms with Crippen LogP contribution in [0.2, 0.25) is 0 Å². The number of carbonyl (C=O) groups is 1. The number of alkyl halides is 2. The van der Waals surface area contributed by atoms with Crippen molar-refractivity contribution in [2.75, 3.05) is 6.54 Å². The van der Waals surface area contributed by atoms with Crippen LogP contribution in [0.3, 0.4) is 0 Å². The van der Waals surface area contributed by atoms with Gasteiger partial charge in [0.15, 0.2) is 0 Å². The van der Waals surface area contributed by atoms with Gasteiger partial charge in [-0.1, -0.05) is 30.3 Å². The van der Waals surface area contributed by atoms with Crippen molar-refractivity contribution in [2.24, 2.45) is 0 Å². The van der Waals surface area contributed by atoms with Crippen LogP contribution in [0.15, 0.2) is 30.3 Å². The zero-order valence-corrected chi connectivity index (χ0v) is 9.85. The van der Waals surface area contributed by atoms with Gasteiger partial charge in [0.25, 0.3) is 0 Å². The van der Waals surface area contributed by atoms with Crippen molar-refractivity contribution in [2.45, 2.75) is 31.4 Å². The molecule has 5 heteroatoms. The minimum atomic E-state index is -3.68. The monoisotopic (exact) mass is 255 g/mol. The van der Waals surface area contributed by atoms with E-state index in [0.717, 1.165) is 18.4 Å². The van der Waals surface area contributed by atoms with Crippen LogP contribution in [-0.4, -0.2) is 34.5 Å². The Morgan fingerprint density at radius 2 is 1.94 bits per heavy atom. The molecule has 0 spiro atoms. The van der Waals surface area contributed by atoms with E-state index in [1.165, 1.54) is 0 Å². The third kappa shape index (κ3) is 3.26. The van der Waals surface area contributed by atoms with Crippen molar-refractivity contribution in [3.8, 4) is 0 Å². The third-order valence-electron chi connectivity index (χ3n) is 3.01. The second-order valence-corrected chi connectivity index (χ2v) is 4.63. The molecule has 18 heavy (non-hydrogen) atoms. The number of nitrogens with zero attached hydrogens (tertiary/aromatic N) is 1. The van der Waals surface area contributed by atoms with E-state index in [1.807, 2.05) is 30.3 Å². The molecule has 0 atom stereocenters. The fourth-order valence-electron chi connectivity index (χ4n) is 1.89. The number of aliphatic carboxylic acids is 1. The molecule has 1 aliphatic rings. The van der Waals surface area contributed by atoms with Gasteiger partial charge in [0.05, 0.1) is 6.54 Å². The molecule has 0 radical (unpaired) electrons. The van der Waals surface area contributed by atoms with Crippen LogP contribution in [0.1, 0.15) is 18.4 Å². The molecule has 1 saturated carbocycles. The van der Waals surface area contributed by atoms with Gasteiger partial charge in [0.2, 0.25) is 0 Å². The summed E-state index contributed by atoms with van der Waals surface area (Å²) in [5, 5.41) is 8.48. The van der Waals surface area contributed by atoms with Crippen LogP contribution in [-0.2, 0) is 11.3 Å². The Hall–Kier alpha value is -1.49. The molecule has 1 N–H and O–H groups in total. The molecule has 2 rings (SSSR count). The van der Waals surface area contributed by atoms with Crippen LogP contribution in [0.4, 0.5) is 8.78 Å². The van der Waals surface area contributed by atoms with Gasteiger partial charge in [-0.05, 0) is 18.4 Å². The fraction of sp³-hybridized carbons (Fsp3) is 0.462. The number of hydrogen-bond donors (Lipinski definition) is 1. The molecule has 0 unspecified atom stereocenters. The molecule has 0 aromatic heterocycles. The molecular formula is C13H15F2NO2. The van der Waals surface area contributed by atoms with Crippen molar-refractivity contribution in [3.05, 3.63) is 35.9 Å². The van der Waals surface area contributed by atoms with E-state index in [2.05, 4.69) is 0 Å². The number of hydrogen-bond acceptors (Lipinski definition) is 2. The predicted octanol–water partition coefficient (Wildman–Crippen LogP) is 2.37. The van der Waals surface area contributed by atoms with Crippen molar-refractivity contribution in [3.63, 3.8) is 0 Å². The molecule has 1 aromatic carbocycles. The quantitative estimate of drug-likeness (QED) is 0.848. The molecule has 3 nitrogen and oxygen atoms in total. The summed E-state index contributed by atoms with van der Waals surface area (Å²) in [5.74, 6) is -5.74. The van der Waals surface area contributed by atoms with Crippen LogP contribution >= 0.6 is 0 Å². The van der Waals surface area contributed by atoms with Gasteiger partial charge in [-0.2, -0.15) is 8.78 Å². The van der Waals surface area contributed by atoms with Gasteiger partial charge >= 0.3 is 11.9 Å². The Morgan fingerprint density at radius 1 is 1.33 bits per heavy atom. The first-order valence-electron chi connectivity index (χ1n) is 5.88. The van der Waals surface area contributed by atoms with E-state index in [1.54, 1.807) is 4.90 Å². The minimum absolute atomic E-state index is 0.0930. The van der Waals surface area contributed by atoms with Crippen LogP contribution in [0.5, 0.6) is 0 Å². The van der Waals surface area contributed by atoms with Gasteiger partial charge in [-0.3, -0.25) is 4.90 Å². The summed E-state index contributed by atoms with van der Waals surface area (Å²) in [5.41, 5.74) is 0.922. The van der Waals surface area contributed by atoms with Crippen molar-refractivity contribution < 1.29 is 18.7 Å². The highest BCUT2D eigenvalue weighted by Gasteiger charge is 2.43. The summed E-state index contributed by atoms with van der Waals surface area (Å²) in [7, 11) is 0. The molecule has 0 amide bonds. The normalized spacial score (nSPS) is 15.9. The molecule has 1 aliphatic carbocycles. The molecule has 1 aromatic rings. The van der Waals surface area contributed by atoms with Crippen molar-refractivity contribution >= 4 is 5.97 Å². The van der Waals surface area contributed by atoms with E-state index < -0.39 is 18.4 Å². The summed E-state index contributed by atoms with van der Waals surface area (Å²) < 4.78 is 26.5. The highest BCUT2D eigenvalue weighted by molar-refractivity contribution is 5.75. The smallest absolute Gasteiger partial charge is 0.375 e. The molecule has 0 heterocycles. The largest absolute Gasteiger partial charge is 0.477 e. The second kappa shape index (κ2) is 5.02. The SMILES string of the molecule is O=C(O)C(F)(F)CN(Cc1ccccc1)C1CC1. The number of benzene rings is 1. The predicted molar refractivity (Wildman–Crippen MR) is 62.5 cm³/mol. The zero-order valence-electron chi connectivity index (χ0n) is 9.85. The Morgan fingerprint density at radius 3 is 2.44 bits per heavy atom. The summed E-state index contributed by atoms with van der Waals surface area (Å²) in [6.45, 7) is -0.351. The first-order chi connectivity index (χ1) is 8.49. The lowest BCUT2D eigenvalue weighted by molar-refractivity contribution is -0.167. The first kappa shape index (κ1) is 13.0. The average Bonchev–Trinajstić information content (AvgIpc) is 3.13. The highest BCUT2D eigenvalue weighted by Crippen LogP contribution is 2.31. The summed E-state index contributed by atoms with van der Waals surface area (Å²) in [6.07, 6.45) is 1.73. The molecule has 98 valence electrons.